The number of guanidine groups is 1. The average Bonchev–Trinajstić information content (AvgIpc) is 3.10. The van der Waals surface area contributed by atoms with E-state index in [1.165, 1.54) is 38.5 Å². The van der Waals surface area contributed by atoms with E-state index in [4.69, 9.17) is 10.5 Å². The maximum atomic E-state index is 5.88. The summed E-state index contributed by atoms with van der Waals surface area (Å²) in [5, 5.41) is 3.17. The van der Waals surface area contributed by atoms with E-state index in [9.17, 15) is 0 Å². The summed E-state index contributed by atoms with van der Waals surface area (Å²) in [5.74, 6) is 1.28. The standard InChI is InChI=1S/C13H25N3O/c1-10-4-2-3-5-12(10)17-9-8-15-13(14)16-11-6-7-11/h10-12H,2-9H2,1H3,(H3,14,15,16)/t10-,12-/m0/s1. The number of nitrogens with one attached hydrogen (secondary N) is 1. The largest absolute Gasteiger partial charge is 0.376 e. The van der Waals surface area contributed by atoms with Crippen molar-refractivity contribution in [1.82, 2.24) is 5.32 Å². The lowest BCUT2D eigenvalue weighted by molar-refractivity contribution is -0.000655. The van der Waals surface area contributed by atoms with Crippen LogP contribution in [0.5, 0.6) is 0 Å². The van der Waals surface area contributed by atoms with E-state index < -0.39 is 0 Å². The number of hydrogen-bond donors (Lipinski definition) is 2. The fourth-order valence-corrected chi connectivity index (χ4v) is 2.38. The minimum Gasteiger partial charge on any atom is -0.376 e. The van der Waals surface area contributed by atoms with E-state index in [2.05, 4.69) is 17.2 Å². The highest BCUT2D eigenvalue weighted by Crippen LogP contribution is 2.26. The summed E-state index contributed by atoms with van der Waals surface area (Å²) in [4.78, 5) is 4.27. The molecule has 0 aromatic carbocycles. The Balaban J connectivity index is 1.58. The van der Waals surface area contributed by atoms with Gasteiger partial charge < -0.3 is 15.8 Å². The van der Waals surface area contributed by atoms with Crippen LogP contribution < -0.4 is 11.1 Å². The lowest BCUT2D eigenvalue weighted by atomic mass is 9.88. The molecule has 2 rings (SSSR count). The predicted octanol–water partition coefficient (Wildman–Crippen LogP) is 1.65. The maximum absolute atomic E-state index is 5.88. The Kier molecular flexibility index (Phi) is 4.66. The first kappa shape index (κ1) is 12.7. The van der Waals surface area contributed by atoms with Crippen LogP contribution in [-0.4, -0.2) is 31.3 Å². The molecule has 0 bridgehead atoms. The zero-order chi connectivity index (χ0) is 12.1. The number of aliphatic imine (C=N–C) groups is 1. The van der Waals surface area contributed by atoms with Crippen molar-refractivity contribution < 1.29 is 4.74 Å². The van der Waals surface area contributed by atoms with Gasteiger partial charge in [-0.2, -0.15) is 0 Å². The Hall–Kier alpha value is -0.770. The third-order valence-corrected chi connectivity index (χ3v) is 3.67. The SMILES string of the molecule is C[C@H]1CCCC[C@@H]1OCCN=C(N)NC1CC1. The number of ether oxygens (including phenoxy) is 1. The van der Waals surface area contributed by atoms with Crippen LogP contribution in [0.15, 0.2) is 4.99 Å². The van der Waals surface area contributed by atoms with Gasteiger partial charge in [-0.05, 0) is 31.6 Å². The molecule has 2 aliphatic carbocycles. The highest BCUT2D eigenvalue weighted by molar-refractivity contribution is 5.78. The zero-order valence-corrected chi connectivity index (χ0v) is 10.8. The van der Waals surface area contributed by atoms with Gasteiger partial charge >= 0.3 is 0 Å². The van der Waals surface area contributed by atoms with Crippen molar-refractivity contribution in [3.8, 4) is 0 Å². The maximum Gasteiger partial charge on any atom is 0.188 e. The first-order valence-electron chi connectivity index (χ1n) is 6.94. The van der Waals surface area contributed by atoms with Gasteiger partial charge in [-0.25, -0.2) is 0 Å². The van der Waals surface area contributed by atoms with Crippen molar-refractivity contribution in [3.05, 3.63) is 0 Å². The highest BCUT2D eigenvalue weighted by atomic mass is 16.5. The number of rotatable bonds is 5. The fourth-order valence-electron chi connectivity index (χ4n) is 2.38. The molecule has 2 aliphatic rings. The van der Waals surface area contributed by atoms with Crippen molar-refractivity contribution >= 4 is 5.96 Å². The molecule has 3 N–H and O–H groups in total. The van der Waals surface area contributed by atoms with Gasteiger partial charge in [0.05, 0.1) is 19.3 Å². The van der Waals surface area contributed by atoms with E-state index in [1.54, 1.807) is 0 Å². The summed E-state index contributed by atoms with van der Waals surface area (Å²) in [6.45, 7) is 3.66. The molecule has 0 aromatic heterocycles. The highest BCUT2D eigenvalue weighted by Gasteiger charge is 2.22. The summed E-state index contributed by atoms with van der Waals surface area (Å²) in [7, 11) is 0. The van der Waals surface area contributed by atoms with Gasteiger partial charge in [0.1, 0.15) is 0 Å². The fraction of sp³-hybridized carbons (Fsp3) is 0.923. The normalized spacial score (nSPS) is 30.3. The lowest BCUT2D eigenvalue weighted by Gasteiger charge is -2.28. The molecule has 98 valence electrons. The van der Waals surface area contributed by atoms with E-state index >= 15 is 0 Å². The van der Waals surface area contributed by atoms with Crippen molar-refractivity contribution in [3.63, 3.8) is 0 Å². The van der Waals surface area contributed by atoms with Crippen molar-refractivity contribution in [1.29, 1.82) is 0 Å². The number of nitrogens with two attached hydrogens (primary N) is 1. The molecule has 0 unspecified atom stereocenters. The Morgan fingerprint density at radius 1 is 1.29 bits per heavy atom. The van der Waals surface area contributed by atoms with Crippen LogP contribution in [0.4, 0.5) is 0 Å². The third kappa shape index (κ3) is 4.54. The average molecular weight is 239 g/mol. The van der Waals surface area contributed by atoms with Gasteiger partial charge in [-0.1, -0.05) is 19.8 Å². The first-order chi connectivity index (χ1) is 8.25. The third-order valence-electron chi connectivity index (χ3n) is 3.67. The van der Waals surface area contributed by atoms with Crippen LogP contribution in [0.3, 0.4) is 0 Å². The molecule has 0 aliphatic heterocycles. The van der Waals surface area contributed by atoms with Crippen LogP contribution >= 0.6 is 0 Å². The second-order valence-corrected chi connectivity index (χ2v) is 5.36. The second kappa shape index (κ2) is 6.24. The van der Waals surface area contributed by atoms with Crippen LogP contribution in [0.25, 0.3) is 0 Å². The molecule has 2 fully saturated rings. The summed E-state index contributed by atoms with van der Waals surface area (Å²) in [6, 6.07) is 0.582. The minimum atomic E-state index is 0.441. The smallest absolute Gasteiger partial charge is 0.188 e. The Bertz CT molecular complexity index is 263. The van der Waals surface area contributed by atoms with Gasteiger partial charge in [0.25, 0.3) is 0 Å². The van der Waals surface area contributed by atoms with Crippen molar-refractivity contribution in [2.45, 2.75) is 57.6 Å². The molecule has 4 nitrogen and oxygen atoms in total. The van der Waals surface area contributed by atoms with Crippen LogP contribution in [0.2, 0.25) is 0 Å². The topological polar surface area (TPSA) is 59.6 Å². The predicted molar refractivity (Wildman–Crippen MR) is 70.0 cm³/mol. The molecule has 0 amide bonds. The molecule has 2 atom stereocenters. The van der Waals surface area contributed by atoms with E-state index in [-0.39, 0.29) is 0 Å². The molecule has 2 saturated carbocycles. The van der Waals surface area contributed by atoms with Crippen molar-refractivity contribution in [2.24, 2.45) is 16.6 Å². The second-order valence-electron chi connectivity index (χ2n) is 5.36. The zero-order valence-electron chi connectivity index (χ0n) is 10.8. The summed E-state index contributed by atoms with van der Waals surface area (Å²) < 4.78 is 5.88. The number of hydrogen-bond acceptors (Lipinski definition) is 2. The summed E-state index contributed by atoms with van der Waals surface area (Å²) in [6.07, 6.45) is 8.08. The molecule has 0 aromatic rings. The van der Waals surface area contributed by atoms with Crippen LogP contribution in [0, 0.1) is 5.92 Å². The summed E-state index contributed by atoms with van der Waals surface area (Å²) in [5.41, 5.74) is 5.74. The molecule has 0 spiro atoms. The van der Waals surface area contributed by atoms with Crippen LogP contribution in [-0.2, 0) is 4.74 Å². The number of nitrogens with zero attached hydrogens (tertiary/aromatic N) is 1. The van der Waals surface area contributed by atoms with Gasteiger partial charge in [-0.3, -0.25) is 4.99 Å². The first-order valence-corrected chi connectivity index (χ1v) is 6.94. The van der Waals surface area contributed by atoms with Crippen LogP contribution in [0.1, 0.15) is 45.4 Å². The van der Waals surface area contributed by atoms with E-state index in [1.807, 2.05) is 0 Å². The minimum absolute atomic E-state index is 0.441. The Morgan fingerprint density at radius 3 is 2.76 bits per heavy atom. The van der Waals surface area contributed by atoms with Gasteiger partial charge in [0.15, 0.2) is 5.96 Å². The van der Waals surface area contributed by atoms with Gasteiger partial charge in [0.2, 0.25) is 0 Å². The van der Waals surface area contributed by atoms with E-state index in [0.717, 1.165) is 0 Å². The molecule has 17 heavy (non-hydrogen) atoms. The molecule has 0 heterocycles. The molecular formula is C13H25N3O. The summed E-state index contributed by atoms with van der Waals surface area (Å²) >= 11 is 0. The monoisotopic (exact) mass is 239 g/mol. The quantitative estimate of drug-likeness (QED) is 0.436. The lowest BCUT2D eigenvalue weighted by Crippen LogP contribution is -2.34. The molecule has 0 radical (unpaired) electrons. The molecule has 0 saturated heterocycles. The van der Waals surface area contributed by atoms with Crippen molar-refractivity contribution in [2.75, 3.05) is 13.2 Å². The van der Waals surface area contributed by atoms with Gasteiger partial charge in [-0.15, -0.1) is 0 Å². The Morgan fingerprint density at radius 2 is 2.06 bits per heavy atom. The molecular weight excluding hydrogens is 214 g/mol. The van der Waals surface area contributed by atoms with Gasteiger partial charge in [0, 0.05) is 6.04 Å². The molecule has 4 heteroatoms. The Labute approximate surface area is 104 Å². The van der Waals surface area contributed by atoms with E-state index in [0.29, 0.717) is 37.2 Å².